The van der Waals surface area contributed by atoms with Crippen LogP contribution in [0.15, 0.2) is 30.5 Å². The normalized spacial score (nSPS) is 12.2. The molecule has 0 aliphatic rings. The van der Waals surface area contributed by atoms with E-state index < -0.39 is 6.04 Å². The zero-order chi connectivity index (χ0) is 16.7. The van der Waals surface area contributed by atoms with Crippen LogP contribution in [0, 0.1) is 0 Å². The number of aromatic amines is 1. The van der Waals surface area contributed by atoms with Crippen LogP contribution in [0.25, 0.3) is 10.9 Å². The van der Waals surface area contributed by atoms with E-state index in [0.29, 0.717) is 26.2 Å². The van der Waals surface area contributed by atoms with E-state index in [1.807, 2.05) is 44.6 Å². The Bertz CT molecular complexity index is 630. The van der Waals surface area contributed by atoms with Gasteiger partial charge in [-0.3, -0.25) is 4.79 Å². The average molecular weight is 355 g/mol. The summed E-state index contributed by atoms with van der Waals surface area (Å²) in [6.45, 7) is 2.51. The minimum absolute atomic E-state index is 0. The Labute approximate surface area is 149 Å². The predicted octanol–water partition coefficient (Wildman–Crippen LogP) is 1.15. The van der Waals surface area contributed by atoms with E-state index in [2.05, 4.69) is 15.2 Å². The molecule has 1 aromatic carbocycles. The fourth-order valence-electron chi connectivity index (χ4n) is 2.36. The SMILES string of the molecule is CN(C)CCOCCNC(=O)[C@@H](N)Cc1c[nH]c2ccccc12.Cl. The molecule has 0 bridgehead atoms. The molecule has 0 fully saturated rings. The number of carbonyl (C=O) groups is 1. The minimum atomic E-state index is -0.559. The maximum atomic E-state index is 12.0. The molecule has 24 heavy (non-hydrogen) atoms. The van der Waals surface area contributed by atoms with Crippen molar-refractivity contribution < 1.29 is 9.53 Å². The summed E-state index contributed by atoms with van der Waals surface area (Å²) in [7, 11) is 3.99. The van der Waals surface area contributed by atoms with Crippen molar-refractivity contribution in [1.29, 1.82) is 0 Å². The third kappa shape index (κ3) is 6.13. The molecule has 1 amide bonds. The number of carbonyl (C=O) groups excluding carboxylic acids is 1. The van der Waals surface area contributed by atoms with Crippen molar-refractivity contribution in [2.45, 2.75) is 12.5 Å². The Kier molecular flexibility index (Phi) is 8.78. The first-order chi connectivity index (χ1) is 11.1. The van der Waals surface area contributed by atoms with E-state index in [-0.39, 0.29) is 18.3 Å². The number of nitrogens with two attached hydrogens (primary N) is 1. The number of benzene rings is 1. The van der Waals surface area contributed by atoms with Crippen LogP contribution in [0.1, 0.15) is 5.56 Å². The molecule has 2 rings (SSSR count). The van der Waals surface area contributed by atoms with Gasteiger partial charge in [0.2, 0.25) is 5.91 Å². The Morgan fingerprint density at radius 2 is 2.08 bits per heavy atom. The third-order valence-electron chi connectivity index (χ3n) is 3.68. The van der Waals surface area contributed by atoms with Crippen molar-refractivity contribution in [2.75, 3.05) is 40.4 Å². The van der Waals surface area contributed by atoms with Gasteiger partial charge in [-0.1, -0.05) is 18.2 Å². The second-order valence-corrected chi connectivity index (χ2v) is 5.88. The topological polar surface area (TPSA) is 83.4 Å². The number of halogens is 1. The molecule has 7 heteroatoms. The van der Waals surface area contributed by atoms with Crippen molar-refractivity contribution in [3.05, 3.63) is 36.0 Å². The van der Waals surface area contributed by atoms with Gasteiger partial charge in [0.05, 0.1) is 19.3 Å². The summed E-state index contributed by atoms with van der Waals surface area (Å²) < 4.78 is 5.44. The van der Waals surface area contributed by atoms with E-state index in [1.54, 1.807) is 0 Å². The Morgan fingerprint density at radius 1 is 1.33 bits per heavy atom. The lowest BCUT2D eigenvalue weighted by molar-refractivity contribution is -0.122. The highest BCUT2D eigenvalue weighted by Crippen LogP contribution is 2.18. The van der Waals surface area contributed by atoms with Gasteiger partial charge < -0.3 is 25.7 Å². The summed E-state index contributed by atoms with van der Waals surface area (Å²) in [6.07, 6.45) is 2.43. The molecule has 0 saturated carbocycles. The number of hydrogen-bond acceptors (Lipinski definition) is 4. The predicted molar refractivity (Wildman–Crippen MR) is 99.6 cm³/mol. The van der Waals surface area contributed by atoms with Crippen molar-refractivity contribution >= 4 is 29.2 Å². The van der Waals surface area contributed by atoms with Crippen LogP contribution in [0.2, 0.25) is 0 Å². The summed E-state index contributed by atoms with van der Waals surface area (Å²) >= 11 is 0. The molecule has 0 spiro atoms. The molecule has 1 atom stereocenters. The molecule has 0 saturated heterocycles. The Morgan fingerprint density at radius 3 is 2.83 bits per heavy atom. The number of H-pyrrole nitrogens is 1. The molecular weight excluding hydrogens is 328 g/mol. The van der Waals surface area contributed by atoms with Gasteiger partial charge in [-0.25, -0.2) is 0 Å². The molecule has 0 aliphatic carbocycles. The number of hydrogen-bond donors (Lipinski definition) is 3. The number of likely N-dealkylation sites (N-methyl/N-ethyl adjacent to an activating group) is 1. The van der Waals surface area contributed by atoms with Crippen LogP contribution in [0.4, 0.5) is 0 Å². The van der Waals surface area contributed by atoms with Gasteiger partial charge in [-0.15, -0.1) is 12.4 Å². The molecule has 6 nitrogen and oxygen atoms in total. The van der Waals surface area contributed by atoms with Gasteiger partial charge in [0.25, 0.3) is 0 Å². The number of nitrogens with zero attached hydrogens (tertiary/aromatic N) is 1. The van der Waals surface area contributed by atoms with Crippen LogP contribution in [0.3, 0.4) is 0 Å². The molecule has 2 aromatic rings. The summed E-state index contributed by atoms with van der Waals surface area (Å²) in [5, 5.41) is 3.93. The number of fused-ring (bicyclic) bond motifs is 1. The molecule has 0 radical (unpaired) electrons. The van der Waals surface area contributed by atoms with Crippen molar-refractivity contribution in [3.63, 3.8) is 0 Å². The monoisotopic (exact) mass is 354 g/mol. The number of para-hydroxylation sites is 1. The lowest BCUT2D eigenvalue weighted by Crippen LogP contribution is -2.43. The first-order valence-electron chi connectivity index (χ1n) is 7.88. The summed E-state index contributed by atoms with van der Waals surface area (Å²) in [4.78, 5) is 17.3. The molecule has 0 unspecified atom stereocenters. The van der Waals surface area contributed by atoms with E-state index in [0.717, 1.165) is 23.0 Å². The number of aromatic nitrogens is 1. The highest BCUT2D eigenvalue weighted by atomic mass is 35.5. The maximum Gasteiger partial charge on any atom is 0.237 e. The van der Waals surface area contributed by atoms with E-state index >= 15 is 0 Å². The van der Waals surface area contributed by atoms with Crippen molar-refractivity contribution in [2.24, 2.45) is 5.73 Å². The van der Waals surface area contributed by atoms with Gasteiger partial charge in [0.1, 0.15) is 0 Å². The quantitative estimate of drug-likeness (QED) is 0.590. The zero-order valence-corrected chi connectivity index (χ0v) is 15.1. The lowest BCUT2D eigenvalue weighted by Gasteiger charge is -2.13. The Balaban J connectivity index is 0.00000288. The number of rotatable bonds is 9. The summed E-state index contributed by atoms with van der Waals surface area (Å²) in [6, 6.07) is 7.44. The van der Waals surface area contributed by atoms with Crippen molar-refractivity contribution in [3.8, 4) is 0 Å². The maximum absolute atomic E-state index is 12.0. The minimum Gasteiger partial charge on any atom is -0.378 e. The number of amides is 1. The second-order valence-electron chi connectivity index (χ2n) is 5.88. The smallest absolute Gasteiger partial charge is 0.237 e. The highest BCUT2D eigenvalue weighted by molar-refractivity contribution is 5.86. The van der Waals surface area contributed by atoms with Crippen LogP contribution in [0.5, 0.6) is 0 Å². The van der Waals surface area contributed by atoms with Crippen molar-refractivity contribution in [1.82, 2.24) is 15.2 Å². The van der Waals surface area contributed by atoms with E-state index in [4.69, 9.17) is 10.5 Å². The van der Waals surface area contributed by atoms with E-state index in [9.17, 15) is 4.79 Å². The van der Waals surface area contributed by atoms with Crippen LogP contribution in [-0.4, -0.2) is 62.2 Å². The molecule has 4 N–H and O–H groups in total. The first kappa shape index (κ1) is 20.4. The molecule has 0 aliphatic heterocycles. The lowest BCUT2D eigenvalue weighted by atomic mass is 10.1. The zero-order valence-electron chi connectivity index (χ0n) is 14.2. The first-order valence-corrected chi connectivity index (χ1v) is 7.88. The van der Waals surface area contributed by atoms with Crippen LogP contribution in [-0.2, 0) is 16.0 Å². The average Bonchev–Trinajstić information content (AvgIpc) is 2.93. The van der Waals surface area contributed by atoms with Crippen LogP contribution < -0.4 is 11.1 Å². The molecule has 1 heterocycles. The number of nitrogens with one attached hydrogen (secondary N) is 2. The highest BCUT2D eigenvalue weighted by Gasteiger charge is 2.15. The van der Waals surface area contributed by atoms with Gasteiger partial charge in [-0.2, -0.15) is 0 Å². The second kappa shape index (κ2) is 10.3. The molecule has 134 valence electrons. The largest absolute Gasteiger partial charge is 0.378 e. The van der Waals surface area contributed by atoms with Crippen LogP contribution >= 0.6 is 12.4 Å². The van der Waals surface area contributed by atoms with E-state index in [1.165, 1.54) is 0 Å². The van der Waals surface area contributed by atoms with Gasteiger partial charge >= 0.3 is 0 Å². The number of ether oxygens (including phenoxy) is 1. The standard InChI is InChI=1S/C17H26N4O2.ClH/c1-21(2)8-10-23-9-7-19-17(22)15(18)11-13-12-20-16-6-4-3-5-14(13)16;/h3-6,12,15,20H,7-11,18H2,1-2H3,(H,19,22);1H/t15-;/m0./s1. The molecular formula is C17H27ClN4O2. The third-order valence-corrected chi connectivity index (χ3v) is 3.68. The Hall–Kier alpha value is -1.60. The molecule has 1 aromatic heterocycles. The summed E-state index contributed by atoms with van der Waals surface area (Å²) in [5.74, 6) is -0.147. The van der Waals surface area contributed by atoms with Gasteiger partial charge in [-0.05, 0) is 32.1 Å². The van der Waals surface area contributed by atoms with Gasteiger partial charge in [0, 0.05) is 30.2 Å². The fraction of sp³-hybridized carbons (Fsp3) is 0.471. The fourth-order valence-corrected chi connectivity index (χ4v) is 2.36. The van der Waals surface area contributed by atoms with Gasteiger partial charge in [0.15, 0.2) is 0 Å². The summed E-state index contributed by atoms with van der Waals surface area (Å²) in [5.41, 5.74) is 8.13.